The molecule has 0 aliphatic carbocycles. The second-order valence-electron chi connectivity index (χ2n) is 3.28. The van der Waals surface area contributed by atoms with Gasteiger partial charge in [0.1, 0.15) is 0 Å². The van der Waals surface area contributed by atoms with Crippen LogP contribution in [0.5, 0.6) is 11.5 Å². The Hall–Kier alpha value is -1.05. The van der Waals surface area contributed by atoms with E-state index in [9.17, 15) is 4.89 Å². The molecule has 0 fully saturated rings. The number of para-hydroxylation sites is 2. The zero-order chi connectivity index (χ0) is 12.1. The van der Waals surface area contributed by atoms with Gasteiger partial charge in [0.2, 0.25) is 0 Å². The van der Waals surface area contributed by atoms with Crippen LogP contribution in [0.15, 0.2) is 60.7 Å². The minimum atomic E-state index is -3.01. The average molecular weight is 313 g/mol. The number of benzene rings is 2. The van der Waals surface area contributed by atoms with Crippen LogP contribution in [-0.2, 0) is 0 Å². The molecule has 17 heavy (non-hydrogen) atoms. The SMILES string of the molecule is OP(=[Se])(Oc1ccccc1)Oc1ccccc1. The first kappa shape index (κ1) is 12.4. The minimum absolute atomic E-state index is 0.568. The molecule has 2 aromatic rings. The second kappa shape index (κ2) is 5.52. The molecule has 88 valence electrons. The second-order valence-corrected chi connectivity index (χ2v) is 7.48. The molecule has 0 heterocycles. The third kappa shape index (κ3) is 4.03. The topological polar surface area (TPSA) is 38.7 Å². The van der Waals surface area contributed by atoms with Gasteiger partial charge in [0, 0.05) is 0 Å². The van der Waals surface area contributed by atoms with Gasteiger partial charge in [-0.1, -0.05) is 0 Å². The molecule has 0 unspecified atom stereocenters. The first-order valence-corrected chi connectivity index (χ1v) is 8.77. The van der Waals surface area contributed by atoms with Crippen molar-refractivity contribution in [2.75, 3.05) is 0 Å². The van der Waals surface area contributed by atoms with Crippen molar-refractivity contribution in [3.63, 3.8) is 0 Å². The summed E-state index contributed by atoms with van der Waals surface area (Å²) in [6.07, 6.45) is -3.01. The molecule has 2 rings (SSSR count). The summed E-state index contributed by atoms with van der Waals surface area (Å²) in [4.78, 5) is 10.0. The summed E-state index contributed by atoms with van der Waals surface area (Å²) in [6, 6.07) is 18.1. The van der Waals surface area contributed by atoms with Crippen molar-refractivity contribution < 1.29 is 13.9 Å². The summed E-state index contributed by atoms with van der Waals surface area (Å²) in [6.45, 7) is 0. The quantitative estimate of drug-likeness (QED) is 0.697. The van der Waals surface area contributed by atoms with E-state index in [-0.39, 0.29) is 0 Å². The molecule has 0 saturated carbocycles. The molecule has 2 aromatic carbocycles. The molecule has 3 nitrogen and oxygen atoms in total. The van der Waals surface area contributed by atoms with E-state index >= 15 is 0 Å². The molecule has 0 spiro atoms. The van der Waals surface area contributed by atoms with Crippen LogP contribution in [0.4, 0.5) is 0 Å². The van der Waals surface area contributed by atoms with Crippen LogP contribution in [0.25, 0.3) is 0 Å². The van der Waals surface area contributed by atoms with Gasteiger partial charge in [-0.25, -0.2) is 0 Å². The van der Waals surface area contributed by atoms with E-state index in [2.05, 4.69) is 15.1 Å². The van der Waals surface area contributed by atoms with E-state index in [0.717, 1.165) is 0 Å². The fraction of sp³-hybridized carbons (Fsp3) is 0. The van der Waals surface area contributed by atoms with Gasteiger partial charge in [0.15, 0.2) is 0 Å². The first-order valence-electron chi connectivity index (χ1n) is 4.98. The fourth-order valence-electron chi connectivity index (χ4n) is 1.25. The molecule has 5 heteroatoms. The van der Waals surface area contributed by atoms with Crippen LogP contribution in [0.2, 0.25) is 0 Å². The Morgan fingerprint density at radius 1 is 0.765 bits per heavy atom. The predicted octanol–water partition coefficient (Wildman–Crippen LogP) is 2.98. The van der Waals surface area contributed by atoms with Crippen molar-refractivity contribution in [1.82, 2.24) is 0 Å². The number of rotatable bonds is 4. The van der Waals surface area contributed by atoms with Crippen LogP contribution in [0.1, 0.15) is 0 Å². The van der Waals surface area contributed by atoms with Gasteiger partial charge in [-0.3, -0.25) is 0 Å². The molecular formula is C12H11O3PSe. The molecule has 0 amide bonds. The van der Waals surface area contributed by atoms with Crippen LogP contribution in [0.3, 0.4) is 0 Å². The van der Waals surface area contributed by atoms with E-state index in [1.165, 1.54) is 0 Å². The van der Waals surface area contributed by atoms with E-state index in [4.69, 9.17) is 9.05 Å². The average Bonchev–Trinajstić information content (AvgIpc) is 2.30. The Balaban J connectivity index is 2.07. The van der Waals surface area contributed by atoms with E-state index < -0.39 is 6.19 Å². The van der Waals surface area contributed by atoms with Crippen LogP contribution >= 0.6 is 6.19 Å². The molecule has 1 N–H and O–H groups in total. The van der Waals surface area contributed by atoms with Gasteiger partial charge in [0.25, 0.3) is 0 Å². The summed E-state index contributed by atoms with van der Waals surface area (Å²) in [5.74, 6) is 1.14. The van der Waals surface area contributed by atoms with E-state index in [1.54, 1.807) is 24.3 Å². The summed E-state index contributed by atoms with van der Waals surface area (Å²) in [5, 5.41) is 0. The molecule has 0 aliphatic rings. The van der Waals surface area contributed by atoms with Gasteiger partial charge in [-0.2, -0.15) is 0 Å². The van der Waals surface area contributed by atoms with Gasteiger partial charge in [0.05, 0.1) is 0 Å². The summed E-state index contributed by atoms with van der Waals surface area (Å²) >= 11 is 2.57. The molecule has 0 bridgehead atoms. The Kier molecular flexibility index (Phi) is 4.03. The zero-order valence-electron chi connectivity index (χ0n) is 8.89. The van der Waals surface area contributed by atoms with Gasteiger partial charge < -0.3 is 0 Å². The predicted molar refractivity (Wildman–Crippen MR) is 69.0 cm³/mol. The Morgan fingerprint density at radius 2 is 1.12 bits per heavy atom. The van der Waals surface area contributed by atoms with Crippen molar-refractivity contribution in [2.45, 2.75) is 0 Å². The Labute approximate surface area is 107 Å². The van der Waals surface area contributed by atoms with Crippen molar-refractivity contribution in [3.05, 3.63) is 60.7 Å². The van der Waals surface area contributed by atoms with Gasteiger partial charge in [-0.15, -0.1) is 0 Å². The Bertz CT molecular complexity index is 470. The van der Waals surface area contributed by atoms with Crippen molar-refractivity contribution in [2.24, 2.45) is 0 Å². The van der Waals surface area contributed by atoms with Crippen molar-refractivity contribution in [1.29, 1.82) is 0 Å². The maximum absolute atomic E-state index is 10.0. The fourth-order valence-corrected chi connectivity index (χ4v) is 3.14. The van der Waals surface area contributed by atoms with Crippen molar-refractivity contribution in [3.8, 4) is 11.5 Å². The van der Waals surface area contributed by atoms with Crippen molar-refractivity contribution >= 4 is 21.3 Å². The number of hydrogen-bond acceptors (Lipinski definition) is 3. The summed E-state index contributed by atoms with van der Waals surface area (Å²) in [7, 11) is 0. The normalized spacial score (nSPS) is 10.9. The molecule has 0 radical (unpaired) electrons. The summed E-state index contributed by atoms with van der Waals surface area (Å²) < 4.78 is 10.8. The Morgan fingerprint density at radius 3 is 1.47 bits per heavy atom. The van der Waals surface area contributed by atoms with Gasteiger partial charge in [-0.05, 0) is 0 Å². The number of hydrogen-bond donors (Lipinski definition) is 1. The zero-order valence-corrected chi connectivity index (χ0v) is 11.5. The van der Waals surface area contributed by atoms with E-state index in [0.29, 0.717) is 11.5 Å². The molecular weight excluding hydrogens is 302 g/mol. The van der Waals surface area contributed by atoms with Crippen LogP contribution in [0, 0.1) is 0 Å². The third-order valence-corrected chi connectivity index (χ3v) is 3.75. The standard InChI is InChI=1S/C12H11O3PSe/c13-16(17,14-11-7-3-1-4-8-11)15-12-9-5-2-6-10-12/h1-10H,(H,13,17). The third-order valence-electron chi connectivity index (χ3n) is 1.93. The van der Waals surface area contributed by atoms with Crippen LogP contribution in [-0.4, -0.2) is 20.0 Å². The molecule has 0 aromatic heterocycles. The van der Waals surface area contributed by atoms with Crippen LogP contribution < -0.4 is 9.05 Å². The molecule has 0 saturated heterocycles. The monoisotopic (exact) mass is 314 g/mol. The molecule has 0 aliphatic heterocycles. The van der Waals surface area contributed by atoms with E-state index in [1.807, 2.05) is 36.4 Å². The van der Waals surface area contributed by atoms with Gasteiger partial charge >= 0.3 is 107 Å². The maximum atomic E-state index is 10.0. The first-order chi connectivity index (χ1) is 8.16. The summed E-state index contributed by atoms with van der Waals surface area (Å²) in [5.41, 5.74) is 0. The molecule has 0 atom stereocenters.